The first-order chi connectivity index (χ1) is 7.22. The number of hydrogen-bond acceptors (Lipinski definition) is 6. The minimum absolute atomic E-state index is 0.0130. The van der Waals surface area contributed by atoms with Crippen molar-refractivity contribution in [3.05, 3.63) is 12.2 Å². The molecule has 1 atom stereocenters. The molecule has 8 heteroatoms. The van der Waals surface area contributed by atoms with Crippen molar-refractivity contribution in [1.82, 2.24) is 20.2 Å². The molecule has 0 radical (unpaired) electrons. The van der Waals surface area contributed by atoms with Crippen molar-refractivity contribution in [1.29, 1.82) is 5.26 Å². The van der Waals surface area contributed by atoms with E-state index in [-0.39, 0.29) is 12.4 Å². The van der Waals surface area contributed by atoms with Gasteiger partial charge >= 0.3 is 0 Å². The fourth-order valence-electron chi connectivity index (χ4n) is 1.00. The molecule has 1 rings (SSSR count). The number of carbonyl (C=O) groups excluding carboxylic acids is 1. The number of nitrogens with zero attached hydrogens (tertiary/aromatic N) is 4. The van der Waals surface area contributed by atoms with Gasteiger partial charge in [-0.05, 0) is 0 Å². The summed E-state index contributed by atoms with van der Waals surface area (Å²) in [6.45, 7) is 0.0945. The third kappa shape index (κ3) is 2.49. The molecule has 1 heterocycles. The predicted molar refractivity (Wildman–Crippen MR) is 48.0 cm³/mol. The van der Waals surface area contributed by atoms with Crippen LogP contribution >= 0.6 is 0 Å². The summed E-state index contributed by atoms with van der Waals surface area (Å²) >= 11 is 0. The molecule has 3 N–H and O–H groups in total. The maximum atomic E-state index is 11.3. The Morgan fingerprint density at radius 1 is 1.93 bits per heavy atom. The number of nitrogens with one attached hydrogen (secondary N) is 1. The SMILES string of the molecule is COCC(C(=O)NN)n1cnc(C#N)n1. The zero-order valence-corrected chi connectivity index (χ0v) is 8.04. The second kappa shape index (κ2) is 5.04. The van der Waals surface area contributed by atoms with Gasteiger partial charge in [0.1, 0.15) is 12.4 Å². The van der Waals surface area contributed by atoms with Crippen LogP contribution in [0.5, 0.6) is 0 Å². The summed E-state index contributed by atoms with van der Waals surface area (Å²) in [5.74, 6) is 4.52. The number of aromatic nitrogens is 3. The molecule has 0 aliphatic rings. The Kier molecular flexibility index (Phi) is 3.73. The number of nitrogens with two attached hydrogens (primary N) is 1. The van der Waals surface area contributed by atoms with Crippen LogP contribution in [0.4, 0.5) is 0 Å². The fraction of sp³-hybridized carbons (Fsp3) is 0.429. The highest BCUT2D eigenvalue weighted by atomic mass is 16.5. The van der Waals surface area contributed by atoms with E-state index in [1.807, 2.05) is 5.43 Å². The second-order valence-electron chi connectivity index (χ2n) is 2.64. The van der Waals surface area contributed by atoms with Gasteiger partial charge in [0.25, 0.3) is 11.7 Å². The molecular formula is C7H10N6O2. The smallest absolute Gasteiger partial charge is 0.261 e. The highest BCUT2D eigenvalue weighted by molar-refractivity contribution is 5.79. The van der Waals surface area contributed by atoms with Crippen LogP contribution in [-0.4, -0.2) is 34.4 Å². The molecule has 0 aliphatic carbocycles. The molecule has 0 spiro atoms. The molecule has 0 aliphatic heterocycles. The highest BCUT2D eigenvalue weighted by Crippen LogP contribution is 2.04. The van der Waals surface area contributed by atoms with E-state index < -0.39 is 11.9 Å². The maximum Gasteiger partial charge on any atom is 0.261 e. The molecule has 0 saturated carbocycles. The van der Waals surface area contributed by atoms with Gasteiger partial charge in [-0.15, -0.1) is 5.10 Å². The molecule has 1 aromatic heterocycles. The lowest BCUT2D eigenvalue weighted by molar-refractivity contribution is -0.126. The van der Waals surface area contributed by atoms with Crippen LogP contribution in [0.1, 0.15) is 11.9 Å². The Morgan fingerprint density at radius 2 is 2.67 bits per heavy atom. The van der Waals surface area contributed by atoms with Crippen LogP contribution in [0, 0.1) is 11.3 Å². The van der Waals surface area contributed by atoms with Gasteiger partial charge in [0.05, 0.1) is 6.61 Å². The molecule has 1 amide bonds. The van der Waals surface area contributed by atoms with Crippen LogP contribution in [-0.2, 0) is 9.53 Å². The predicted octanol–water partition coefficient (Wildman–Crippen LogP) is -1.67. The lowest BCUT2D eigenvalue weighted by Crippen LogP contribution is -2.39. The zero-order chi connectivity index (χ0) is 11.3. The Morgan fingerprint density at radius 3 is 3.13 bits per heavy atom. The van der Waals surface area contributed by atoms with Gasteiger partial charge in [0.15, 0.2) is 6.04 Å². The van der Waals surface area contributed by atoms with Crippen LogP contribution in [0.2, 0.25) is 0 Å². The van der Waals surface area contributed by atoms with E-state index in [2.05, 4.69) is 10.1 Å². The van der Waals surface area contributed by atoms with E-state index >= 15 is 0 Å². The first-order valence-electron chi connectivity index (χ1n) is 4.03. The van der Waals surface area contributed by atoms with Crippen molar-refractivity contribution in [3.8, 4) is 6.07 Å². The molecule has 1 aromatic rings. The van der Waals surface area contributed by atoms with Crippen LogP contribution in [0.3, 0.4) is 0 Å². The van der Waals surface area contributed by atoms with Crippen LogP contribution in [0.15, 0.2) is 6.33 Å². The number of amides is 1. The Labute approximate surface area is 85.6 Å². The number of hydrazine groups is 1. The van der Waals surface area contributed by atoms with Crippen LogP contribution in [0.25, 0.3) is 0 Å². The van der Waals surface area contributed by atoms with E-state index in [1.165, 1.54) is 18.1 Å². The first kappa shape index (κ1) is 11.1. The normalized spacial score (nSPS) is 11.8. The van der Waals surface area contributed by atoms with E-state index in [4.69, 9.17) is 15.8 Å². The summed E-state index contributed by atoms with van der Waals surface area (Å²) in [6.07, 6.45) is 1.28. The Balaban J connectivity index is 2.89. The number of hydrogen-bond donors (Lipinski definition) is 2. The number of methoxy groups -OCH3 is 1. The number of carbonyl (C=O) groups is 1. The van der Waals surface area contributed by atoms with Gasteiger partial charge < -0.3 is 4.74 Å². The summed E-state index contributed by atoms with van der Waals surface area (Å²) < 4.78 is 6.06. The Bertz CT molecular complexity index is 381. The average Bonchev–Trinajstić information content (AvgIpc) is 2.73. The largest absolute Gasteiger partial charge is 0.382 e. The fourth-order valence-corrected chi connectivity index (χ4v) is 1.00. The quantitative estimate of drug-likeness (QED) is 0.348. The molecular weight excluding hydrogens is 200 g/mol. The highest BCUT2D eigenvalue weighted by Gasteiger charge is 2.20. The third-order valence-corrected chi connectivity index (χ3v) is 1.70. The Hall–Kier alpha value is -1.98. The van der Waals surface area contributed by atoms with E-state index in [1.54, 1.807) is 6.07 Å². The minimum atomic E-state index is -0.727. The summed E-state index contributed by atoms with van der Waals surface area (Å²) in [7, 11) is 1.44. The van der Waals surface area contributed by atoms with Crippen LogP contribution < -0.4 is 11.3 Å². The summed E-state index contributed by atoms with van der Waals surface area (Å²) in [6, 6.07) is 1.03. The lowest BCUT2D eigenvalue weighted by atomic mass is 10.3. The van der Waals surface area contributed by atoms with Crippen molar-refractivity contribution in [2.24, 2.45) is 5.84 Å². The number of rotatable bonds is 4. The molecule has 0 bridgehead atoms. The van der Waals surface area contributed by atoms with Crippen molar-refractivity contribution in [3.63, 3.8) is 0 Å². The van der Waals surface area contributed by atoms with Gasteiger partial charge in [-0.3, -0.25) is 10.2 Å². The first-order valence-corrected chi connectivity index (χ1v) is 4.03. The lowest BCUT2D eigenvalue weighted by Gasteiger charge is -2.13. The van der Waals surface area contributed by atoms with Gasteiger partial charge in [-0.1, -0.05) is 0 Å². The van der Waals surface area contributed by atoms with E-state index in [9.17, 15) is 4.79 Å². The van der Waals surface area contributed by atoms with Gasteiger partial charge in [0.2, 0.25) is 0 Å². The number of nitriles is 1. The summed E-state index contributed by atoms with van der Waals surface area (Å²) in [5, 5.41) is 12.3. The maximum absolute atomic E-state index is 11.3. The minimum Gasteiger partial charge on any atom is -0.382 e. The molecule has 1 unspecified atom stereocenters. The summed E-state index contributed by atoms with van der Waals surface area (Å²) in [4.78, 5) is 15.0. The van der Waals surface area contributed by atoms with Crippen molar-refractivity contribution < 1.29 is 9.53 Å². The zero-order valence-electron chi connectivity index (χ0n) is 8.04. The second-order valence-corrected chi connectivity index (χ2v) is 2.64. The molecule has 0 saturated heterocycles. The van der Waals surface area contributed by atoms with Gasteiger partial charge in [-0.2, -0.15) is 5.26 Å². The van der Waals surface area contributed by atoms with E-state index in [0.717, 1.165) is 0 Å². The molecule has 0 fully saturated rings. The molecule has 8 nitrogen and oxygen atoms in total. The monoisotopic (exact) mass is 210 g/mol. The summed E-state index contributed by atoms with van der Waals surface area (Å²) in [5.41, 5.74) is 1.99. The number of ether oxygens (including phenoxy) is 1. The molecule has 15 heavy (non-hydrogen) atoms. The topological polar surface area (TPSA) is 119 Å². The van der Waals surface area contributed by atoms with E-state index in [0.29, 0.717) is 0 Å². The molecule has 80 valence electrons. The third-order valence-electron chi connectivity index (χ3n) is 1.70. The van der Waals surface area contributed by atoms with Gasteiger partial charge in [-0.25, -0.2) is 15.5 Å². The van der Waals surface area contributed by atoms with Crippen molar-refractivity contribution >= 4 is 5.91 Å². The van der Waals surface area contributed by atoms with Crippen molar-refractivity contribution in [2.45, 2.75) is 6.04 Å². The molecule has 0 aromatic carbocycles. The standard InChI is InChI=1S/C7H10N6O2/c1-15-3-5(7(14)11-9)13-4-10-6(2-8)12-13/h4-5H,3,9H2,1H3,(H,11,14). The van der Waals surface area contributed by atoms with Crippen molar-refractivity contribution in [2.75, 3.05) is 13.7 Å². The van der Waals surface area contributed by atoms with Gasteiger partial charge in [0, 0.05) is 7.11 Å². The average molecular weight is 210 g/mol.